The van der Waals surface area contributed by atoms with Crippen LogP contribution < -0.4 is 29.2 Å². The minimum Gasteiger partial charge on any atom is -0.497 e. The Morgan fingerprint density at radius 2 is 1.74 bits per heavy atom. The van der Waals surface area contributed by atoms with Gasteiger partial charge in [-0.25, -0.2) is 0 Å². The summed E-state index contributed by atoms with van der Waals surface area (Å²) in [6, 6.07) is 20.0. The van der Waals surface area contributed by atoms with Gasteiger partial charge < -0.3 is 29.2 Å². The second-order valence-corrected chi connectivity index (χ2v) is 8.11. The number of hydrogen-bond acceptors (Lipinski definition) is 6. The number of benzene rings is 3. The average molecular weight is 477 g/mol. The maximum absolute atomic E-state index is 12.9. The van der Waals surface area contributed by atoms with Crippen molar-refractivity contribution in [1.29, 1.82) is 0 Å². The SMILES string of the molecule is COc1cccc(OCC(=O)Nc2ccc3c(c2)N(CCOc2cccc(C)c2)C(=O)C(C)O3)c1. The lowest BCUT2D eigenvalue weighted by atomic mass is 10.1. The molecule has 2 amide bonds. The summed E-state index contributed by atoms with van der Waals surface area (Å²) >= 11 is 0. The number of nitrogens with zero attached hydrogens (tertiary/aromatic N) is 1. The van der Waals surface area contributed by atoms with Crippen LogP contribution in [0.25, 0.3) is 0 Å². The summed E-state index contributed by atoms with van der Waals surface area (Å²) in [6.45, 7) is 4.18. The van der Waals surface area contributed by atoms with E-state index in [-0.39, 0.29) is 18.4 Å². The van der Waals surface area contributed by atoms with E-state index >= 15 is 0 Å². The summed E-state index contributed by atoms with van der Waals surface area (Å²) in [5, 5.41) is 2.81. The Kier molecular flexibility index (Phi) is 7.40. The maximum Gasteiger partial charge on any atom is 0.267 e. The number of nitrogens with one attached hydrogen (secondary N) is 1. The van der Waals surface area contributed by atoms with Gasteiger partial charge in [-0.3, -0.25) is 9.59 Å². The summed E-state index contributed by atoms with van der Waals surface area (Å²) in [5.74, 6) is 1.98. The van der Waals surface area contributed by atoms with Crippen molar-refractivity contribution in [1.82, 2.24) is 0 Å². The van der Waals surface area contributed by atoms with E-state index < -0.39 is 6.10 Å². The van der Waals surface area contributed by atoms with Crippen molar-refractivity contribution in [2.24, 2.45) is 0 Å². The molecule has 0 fully saturated rings. The molecule has 0 radical (unpaired) electrons. The van der Waals surface area contributed by atoms with Gasteiger partial charge >= 0.3 is 0 Å². The molecule has 1 aliphatic heterocycles. The number of amides is 2. The fourth-order valence-electron chi connectivity index (χ4n) is 3.71. The standard InChI is InChI=1S/C27H28N2O6/c1-18-6-4-8-22(14-18)33-13-12-29-24-15-20(10-11-25(24)35-19(2)27(29)31)28-26(30)17-34-23-9-5-7-21(16-23)32-3/h4-11,14-16,19H,12-13,17H2,1-3H3,(H,28,30). The number of aryl methyl sites for hydroxylation is 1. The second-order valence-electron chi connectivity index (χ2n) is 8.11. The van der Waals surface area contributed by atoms with Gasteiger partial charge in [0.2, 0.25) is 0 Å². The molecule has 8 heteroatoms. The molecular weight excluding hydrogens is 448 g/mol. The highest BCUT2D eigenvalue weighted by molar-refractivity contribution is 6.01. The summed E-state index contributed by atoms with van der Waals surface area (Å²) in [4.78, 5) is 26.9. The third-order valence-electron chi connectivity index (χ3n) is 5.44. The number of ether oxygens (including phenoxy) is 4. The zero-order valence-corrected chi connectivity index (χ0v) is 19.9. The normalized spacial score (nSPS) is 14.5. The molecule has 1 unspecified atom stereocenters. The molecule has 0 saturated carbocycles. The van der Waals surface area contributed by atoms with Crippen molar-refractivity contribution >= 4 is 23.2 Å². The van der Waals surface area contributed by atoms with Crippen molar-refractivity contribution in [2.45, 2.75) is 20.0 Å². The minimum atomic E-state index is -0.613. The lowest BCUT2D eigenvalue weighted by Crippen LogP contribution is -2.46. The van der Waals surface area contributed by atoms with Crippen molar-refractivity contribution in [3.05, 3.63) is 72.3 Å². The van der Waals surface area contributed by atoms with Crippen molar-refractivity contribution in [3.8, 4) is 23.0 Å². The molecule has 35 heavy (non-hydrogen) atoms. The van der Waals surface area contributed by atoms with Gasteiger partial charge in [0.1, 0.15) is 29.6 Å². The predicted molar refractivity (Wildman–Crippen MR) is 133 cm³/mol. The Hall–Kier alpha value is -4.20. The number of carbonyl (C=O) groups is 2. The first-order valence-corrected chi connectivity index (χ1v) is 11.3. The van der Waals surface area contributed by atoms with Crippen LogP contribution in [0.1, 0.15) is 12.5 Å². The lowest BCUT2D eigenvalue weighted by Gasteiger charge is -2.33. The van der Waals surface area contributed by atoms with E-state index in [0.29, 0.717) is 41.8 Å². The van der Waals surface area contributed by atoms with Gasteiger partial charge in [-0.15, -0.1) is 0 Å². The van der Waals surface area contributed by atoms with Crippen LogP contribution in [0.2, 0.25) is 0 Å². The Morgan fingerprint density at radius 1 is 1.00 bits per heavy atom. The molecule has 8 nitrogen and oxygen atoms in total. The second kappa shape index (κ2) is 10.8. The fraction of sp³-hybridized carbons (Fsp3) is 0.259. The van der Waals surface area contributed by atoms with Gasteiger partial charge in [-0.1, -0.05) is 18.2 Å². The number of rotatable bonds is 9. The summed E-state index contributed by atoms with van der Waals surface area (Å²) in [6.07, 6.45) is -0.613. The molecule has 0 aromatic heterocycles. The topological polar surface area (TPSA) is 86.3 Å². The van der Waals surface area contributed by atoms with E-state index in [1.54, 1.807) is 61.4 Å². The van der Waals surface area contributed by atoms with E-state index in [1.165, 1.54) is 0 Å². The Bertz CT molecular complexity index is 1210. The van der Waals surface area contributed by atoms with E-state index in [9.17, 15) is 9.59 Å². The third-order valence-corrected chi connectivity index (χ3v) is 5.44. The van der Waals surface area contributed by atoms with E-state index in [4.69, 9.17) is 18.9 Å². The molecule has 1 atom stereocenters. The highest BCUT2D eigenvalue weighted by Crippen LogP contribution is 2.36. The smallest absolute Gasteiger partial charge is 0.267 e. The van der Waals surface area contributed by atoms with Crippen LogP contribution in [0.15, 0.2) is 66.7 Å². The number of hydrogen-bond donors (Lipinski definition) is 1. The van der Waals surface area contributed by atoms with Crippen LogP contribution in [-0.4, -0.2) is 44.8 Å². The first-order chi connectivity index (χ1) is 16.9. The van der Waals surface area contributed by atoms with Crippen LogP contribution >= 0.6 is 0 Å². The summed E-state index contributed by atoms with van der Waals surface area (Å²) < 4.78 is 22.3. The fourth-order valence-corrected chi connectivity index (χ4v) is 3.71. The highest BCUT2D eigenvalue weighted by atomic mass is 16.5. The Morgan fingerprint density at radius 3 is 2.51 bits per heavy atom. The molecule has 0 bridgehead atoms. The average Bonchev–Trinajstić information content (AvgIpc) is 2.85. The zero-order valence-electron chi connectivity index (χ0n) is 19.9. The third kappa shape index (κ3) is 6.03. The predicted octanol–water partition coefficient (Wildman–Crippen LogP) is 4.21. The Labute approximate surface area is 204 Å². The van der Waals surface area contributed by atoms with Gasteiger partial charge in [0.15, 0.2) is 12.7 Å². The minimum absolute atomic E-state index is 0.171. The zero-order chi connectivity index (χ0) is 24.8. The van der Waals surface area contributed by atoms with Gasteiger partial charge in [-0.2, -0.15) is 0 Å². The molecule has 182 valence electrons. The molecule has 1 heterocycles. The Balaban J connectivity index is 1.41. The molecule has 1 N–H and O–H groups in total. The highest BCUT2D eigenvalue weighted by Gasteiger charge is 2.31. The number of carbonyl (C=O) groups excluding carboxylic acids is 2. The molecule has 4 rings (SSSR count). The van der Waals surface area contributed by atoms with Crippen molar-refractivity contribution < 1.29 is 28.5 Å². The van der Waals surface area contributed by atoms with Crippen LogP contribution in [0.5, 0.6) is 23.0 Å². The number of fused-ring (bicyclic) bond motifs is 1. The molecular formula is C27H28N2O6. The van der Waals surface area contributed by atoms with Crippen LogP contribution in [0.4, 0.5) is 11.4 Å². The molecule has 1 aliphatic rings. The largest absolute Gasteiger partial charge is 0.497 e. The number of methoxy groups -OCH3 is 1. The first-order valence-electron chi connectivity index (χ1n) is 11.3. The van der Waals surface area contributed by atoms with Crippen molar-refractivity contribution in [2.75, 3.05) is 37.1 Å². The summed E-state index contributed by atoms with van der Waals surface area (Å²) in [5.41, 5.74) is 2.20. The lowest BCUT2D eigenvalue weighted by molar-refractivity contribution is -0.125. The van der Waals surface area contributed by atoms with Gasteiger partial charge in [0.25, 0.3) is 11.8 Å². The molecule has 0 saturated heterocycles. The van der Waals surface area contributed by atoms with E-state index in [1.807, 2.05) is 31.2 Å². The van der Waals surface area contributed by atoms with Crippen LogP contribution in [0.3, 0.4) is 0 Å². The van der Waals surface area contributed by atoms with Crippen molar-refractivity contribution in [3.63, 3.8) is 0 Å². The molecule has 0 aliphatic carbocycles. The van der Waals surface area contributed by atoms with E-state index in [0.717, 1.165) is 11.3 Å². The van der Waals surface area contributed by atoms with Gasteiger partial charge in [0, 0.05) is 11.8 Å². The number of anilines is 2. The maximum atomic E-state index is 12.9. The van der Waals surface area contributed by atoms with Gasteiger partial charge in [0.05, 0.1) is 19.3 Å². The van der Waals surface area contributed by atoms with E-state index in [2.05, 4.69) is 5.32 Å². The quantitative estimate of drug-likeness (QED) is 0.498. The van der Waals surface area contributed by atoms with Crippen LogP contribution in [0, 0.1) is 6.92 Å². The first kappa shape index (κ1) is 23.9. The monoisotopic (exact) mass is 476 g/mol. The van der Waals surface area contributed by atoms with Gasteiger partial charge in [-0.05, 0) is 61.9 Å². The molecule has 3 aromatic carbocycles. The van der Waals surface area contributed by atoms with Crippen LogP contribution in [-0.2, 0) is 9.59 Å². The summed E-state index contributed by atoms with van der Waals surface area (Å²) in [7, 11) is 1.56. The molecule has 3 aromatic rings. The molecule has 0 spiro atoms.